The summed E-state index contributed by atoms with van der Waals surface area (Å²) in [5.41, 5.74) is 1.06. The third-order valence-corrected chi connectivity index (χ3v) is 3.49. The van der Waals surface area contributed by atoms with E-state index in [2.05, 4.69) is 0 Å². The normalized spacial score (nSPS) is 11.0. The average Bonchev–Trinajstić information content (AvgIpc) is 2.46. The number of phenolic OH excluding ortho intramolecular Hbond substituents is 1. The first-order valence-electron chi connectivity index (χ1n) is 6.38. The molecule has 1 aromatic heterocycles. The van der Waals surface area contributed by atoms with E-state index in [0.717, 1.165) is 5.56 Å². The number of rotatable bonds is 2. The van der Waals surface area contributed by atoms with Crippen molar-refractivity contribution in [3.8, 4) is 17.2 Å². The number of hydrogen-bond donors (Lipinski definition) is 1. The average molecular weight is 286 g/mol. The molecule has 0 fully saturated rings. The maximum absolute atomic E-state index is 12.7. The van der Waals surface area contributed by atoms with Gasteiger partial charge in [0.15, 0.2) is 11.3 Å². The van der Waals surface area contributed by atoms with Crippen LogP contribution < -0.4 is 14.9 Å². The smallest absolute Gasteiger partial charge is 0.204 e. The fraction of sp³-hybridized carbons (Fsp3) is 0.188. The van der Waals surface area contributed by atoms with Crippen LogP contribution in [0.25, 0.3) is 21.9 Å². The number of aromatic hydroxyl groups is 1. The first-order valence-corrected chi connectivity index (χ1v) is 6.38. The van der Waals surface area contributed by atoms with E-state index in [4.69, 9.17) is 13.9 Å². The van der Waals surface area contributed by atoms with E-state index in [9.17, 15) is 9.90 Å². The van der Waals surface area contributed by atoms with Crippen LogP contribution in [0.5, 0.6) is 17.2 Å². The predicted molar refractivity (Wildman–Crippen MR) is 79.5 cm³/mol. The Labute approximate surface area is 120 Å². The molecule has 21 heavy (non-hydrogen) atoms. The molecule has 3 rings (SSSR count). The van der Waals surface area contributed by atoms with E-state index < -0.39 is 0 Å². The van der Waals surface area contributed by atoms with E-state index >= 15 is 0 Å². The zero-order chi connectivity index (χ0) is 15.1. The summed E-state index contributed by atoms with van der Waals surface area (Å²) in [6, 6.07) is 6.37. The Bertz CT molecular complexity index is 908. The Morgan fingerprint density at radius 1 is 1.10 bits per heavy atom. The van der Waals surface area contributed by atoms with Gasteiger partial charge >= 0.3 is 0 Å². The lowest BCUT2D eigenvalue weighted by atomic mass is 10.1. The van der Waals surface area contributed by atoms with Crippen LogP contribution in [0.4, 0.5) is 0 Å². The fourth-order valence-electron chi connectivity index (χ4n) is 2.48. The summed E-state index contributed by atoms with van der Waals surface area (Å²) in [5.74, 6) is 0.862. The van der Waals surface area contributed by atoms with Crippen LogP contribution in [0.3, 0.4) is 0 Å². The number of phenols is 1. The Morgan fingerprint density at radius 2 is 1.86 bits per heavy atom. The highest BCUT2D eigenvalue weighted by Crippen LogP contribution is 2.34. The van der Waals surface area contributed by atoms with Crippen LogP contribution in [0.1, 0.15) is 5.56 Å². The van der Waals surface area contributed by atoms with Crippen molar-refractivity contribution in [2.45, 2.75) is 6.92 Å². The first kappa shape index (κ1) is 13.3. The van der Waals surface area contributed by atoms with E-state index in [0.29, 0.717) is 22.5 Å². The van der Waals surface area contributed by atoms with Crippen molar-refractivity contribution >= 4 is 21.9 Å². The monoisotopic (exact) mass is 286 g/mol. The quantitative estimate of drug-likeness (QED) is 0.733. The van der Waals surface area contributed by atoms with Crippen LogP contribution in [-0.2, 0) is 0 Å². The largest absolute Gasteiger partial charge is 0.507 e. The van der Waals surface area contributed by atoms with Crippen molar-refractivity contribution in [1.82, 2.24) is 0 Å². The molecule has 3 aromatic rings. The predicted octanol–water partition coefficient (Wildman–Crippen LogP) is 2.98. The molecule has 1 heterocycles. The molecule has 0 spiro atoms. The number of ether oxygens (including phenoxy) is 2. The summed E-state index contributed by atoms with van der Waals surface area (Å²) in [5, 5.41) is 10.5. The topological polar surface area (TPSA) is 68.9 Å². The molecular weight excluding hydrogens is 272 g/mol. The molecule has 0 saturated carbocycles. The maximum Gasteiger partial charge on any atom is 0.204 e. The van der Waals surface area contributed by atoms with Gasteiger partial charge in [-0.1, -0.05) is 0 Å². The lowest BCUT2D eigenvalue weighted by Crippen LogP contribution is -2.05. The van der Waals surface area contributed by atoms with Crippen molar-refractivity contribution in [2.75, 3.05) is 14.2 Å². The highest BCUT2D eigenvalue weighted by molar-refractivity contribution is 5.97. The molecule has 0 aliphatic carbocycles. The molecule has 0 amide bonds. The van der Waals surface area contributed by atoms with E-state index in [-0.39, 0.29) is 22.1 Å². The van der Waals surface area contributed by atoms with Gasteiger partial charge in [-0.25, -0.2) is 0 Å². The third kappa shape index (κ3) is 1.89. The summed E-state index contributed by atoms with van der Waals surface area (Å²) >= 11 is 0. The zero-order valence-electron chi connectivity index (χ0n) is 11.9. The van der Waals surface area contributed by atoms with Crippen molar-refractivity contribution in [1.29, 1.82) is 0 Å². The number of aryl methyl sites for hydroxylation is 1. The molecule has 2 aromatic carbocycles. The van der Waals surface area contributed by atoms with Gasteiger partial charge in [-0.2, -0.15) is 0 Å². The van der Waals surface area contributed by atoms with Gasteiger partial charge in [-0.3, -0.25) is 4.79 Å². The maximum atomic E-state index is 12.7. The molecule has 108 valence electrons. The minimum Gasteiger partial charge on any atom is -0.507 e. The molecule has 5 heteroatoms. The van der Waals surface area contributed by atoms with E-state index in [1.54, 1.807) is 32.2 Å². The van der Waals surface area contributed by atoms with Crippen molar-refractivity contribution in [3.05, 3.63) is 40.1 Å². The molecule has 0 aliphatic heterocycles. The van der Waals surface area contributed by atoms with Gasteiger partial charge in [-0.15, -0.1) is 0 Å². The summed E-state index contributed by atoms with van der Waals surface area (Å²) in [7, 11) is 3.03. The highest BCUT2D eigenvalue weighted by Gasteiger charge is 2.17. The van der Waals surface area contributed by atoms with Gasteiger partial charge in [0.2, 0.25) is 5.43 Å². The van der Waals surface area contributed by atoms with Crippen molar-refractivity contribution in [3.63, 3.8) is 0 Å². The third-order valence-electron chi connectivity index (χ3n) is 3.49. The summed E-state index contributed by atoms with van der Waals surface area (Å²) < 4.78 is 16.2. The summed E-state index contributed by atoms with van der Waals surface area (Å²) in [4.78, 5) is 12.7. The molecule has 0 radical (unpaired) electrons. The second kappa shape index (κ2) is 4.70. The molecule has 1 N–H and O–H groups in total. The van der Waals surface area contributed by atoms with Crippen LogP contribution in [-0.4, -0.2) is 19.3 Å². The molecule has 0 atom stereocenters. The Hall–Kier alpha value is -2.69. The molecule has 0 unspecified atom stereocenters. The zero-order valence-corrected chi connectivity index (χ0v) is 11.9. The second-order valence-corrected chi connectivity index (χ2v) is 4.74. The number of benzene rings is 2. The fourth-order valence-corrected chi connectivity index (χ4v) is 2.48. The molecule has 5 nitrogen and oxygen atoms in total. The number of fused-ring (bicyclic) bond motifs is 2. The van der Waals surface area contributed by atoms with Crippen molar-refractivity contribution < 1.29 is 19.0 Å². The number of methoxy groups -OCH3 is 2. The molecular formula is C16H14O5. The van der Waals surface area contributed by atoms with E-state index in [1.165, 1.54) is 13.2 Å². The van der Waals surface area contributed by atoms with Gasteiger partial charge in [0.25, 0.3) is 0 Å². The highest BCUT2D eigenvalue weighted by atomic mass is 16.5. The number of hydrogen-bond acceptors (Lipinski definition) is 5. The van der Waals surface area contributed by atoms with Crippen LogP contribution in [0.2, 0.25) is 0 Å². The van der Waals surface area contributed by atoms with Crippen LogP contribution >= 0.6 is 0 Å². The van der Waals surface area contributed by atoms with Crippen LogP contribution in [0, 0.1) is 6.92 Å². The minimum atomic E-state index is -0.289. The second-order valence-electron chi connectivity index (χ2n) is 4.74. The molecule has 0 bridgehead atoms. The Balaban J connectivity index is 2.58. The Morgan fingerprint density at radius 3 is 2.52 bits per heavy atom. The van der Waals surface area contributed by atoms with Gasteiger partial charge in [0, 0.05) is 6.07 Å². The van der Waals surface area contributed by atoms with Crippen molar-refractivity contribution in [2.24, 2.45) is 0 Å². The lowest BCUT2D eigenvalue weighted by molar-refractivity contribution is 0.408. The van der Waals surface area contributed by atoms with Gasteiger partial charge in [0.05, 0.1) is 19.6 Å². The van der Waals surface area contributed by atoms with Gasteiger partial charge < -0.3 is 19.0 Å². The van der Waals surface area contributed by atoms with Gasteiger partial charge in [0.1, 0.15) is 22.5 Å². The van der Waals surface area contributed by atoms with E-state index in [1.807, 2.05) is 0 Å². The van der Waals surface area contributed by atoms with Crippen LogP contribution in [0.15, 0.2) is 33.5 Å². The van der Waals surface area contributed by atoms with Gasteiger partial charge in [-0.05, 0) is 30.7 Å². The summed E-state index contributed by atoms with van der Waals surface area (Å²) in [6.07, 6.45) is 0. The Kier molecular flexibility index (Phi) is 2.97. The minimum absolute atomic E-state index is 0.120. The standard InChI is InChI=1S/C16H14O5/c1-8-6-9(19-2)7-12-13(8)15(18)14-10(17)4-5-11(20-3)16(14)21-12/h4-7,17H,1-3H3. The molecule has 0 saturated heterocycles. The molecule has 0 aliphatic rings. The lowest BCUT2D eigenvalue weighted by Gasteiger charge is -2.09. The first-order chi connectivity index (χ1) is 10.1. The SMILES string of the molecule is COc1cc(C)c2c(=O)c3c(O)ccc(OC)c3oc2c1. The summed E-state index contributed by atoms with van der Waals surface area (Å²) in [6.45, 7) is 1.80.